The highest BCUT2D eigenvalue weighted by Crippen LogP contribution is 2.20. The zero-order valence-electron chi connectivity index (χ0n) is 13.4. The molecule has 2 aromatic carbocycles. The Hall–Kier alpha value is -3.12. The molecule has 0 aliphatic carbocycles. The molecular weight excluding hydrogens is 334 g/mol. The predicted octanol–water partition coefficient (Wildman–Crippen LogP) is 3.69. The van der Waals surface area contributed by atoms with Gasteiger partial charge in [-0.3, -0.25) is 4.79 Å². The fourth-order valence-corrected chi connectivity index (χ4v) is 2.82. The summed E-state index contributed by atoms with van der Waals surface area (Å²) in [6.07, 6.45) is 0. The van der Waals surface area contributed by atoms with Gasteiger partial charge in [0.15, 0.2) is 12.4 Å². The smallest absolute Gasteiger partial charge is 0.265 e. The number of nitrogens with zero attached hydrogens (tertiary/aromatic N) is 1. The number of nitrogens with two attached hydrogens (primary N) is 1. The van der Waals surface area contributed by atoms with Crippen molar-refractivity contribution in [3.63, 3.8) is 0 Å². The molecule has 1 aromatic heterocycles. The van der Waals surface area contributed by atoms with E-state index in [9.17, 15) is 4.79 Å². The molecule has 1 heterocycles. The van der Waals surface area contributed by atoms with Crippen LogP contribution in [0.5, 0.6) is 0 Å². The van der Waals surface area contributed by atoms with E-state index in [4.69, 9.17) is 10.6 Å². The molecule has 0 atom stereocenters. The molecule has 0 radical (unpaired) electrons. The predicted molar refractivity (Wildman–Crippen MR) is 102 cm³/mol. The quantitative estimate of drug-likeness (QED) is 0.404. The number of benzene rings is 2. The summed E-state index contributed by atoms with van der Waals surface area (Å²) >= 11 is 1.46. The third kappa shape index (κ3) is 4.68. The summed E-state index contributed by atoms with van der Waals surface area (Å²) in [5.74, 6) is -0.0368. The molecule has 1 amide bonds. The van der Waals surface area contributed by atoms with E-state index in [-0.39, 0.29) is 18.3 Å². The lowest BCUT2D eigenvalue weighted by atomic mass is 10.1. The van der Waals surface area contributed by atoms with E-state index >= 15 is 0 Å². The zero-order valence-corrected chi connectivity index (χ0v) is 14.2. The fraction of sp³-hybridized carbons (Fsp3) is 0.0526. The molecule has 6 heteroatoms. The van der Waals surface area contributed by atoms with E-state index < -0.39 is 0 Å². The number of carbonyl (C=O) groups excluding carboxylic acids is 1. The maximum atomic E-state index is 11.9. The van der Waals surface area contributed by atoms with E-state index in [1.54, 1.807) is 0 Å². The van der Waals surface area contributed by atoms with Crippen LogP contribution in [0.2, 0.25) is 0 Å². The van der Waals surface area contributed by atoms with Crippen LogP contribution < -0.4 is 11.1 Å². The molecule has 0 spiro atoms. The van der Waals surface area contributed by atoms with E-state index in [0.717, 1.165) is 16.0 Å². The normalized spacial score (nSPS) is 11.1. The van der Waals surface area contributed by atoms with Crippen molar-refractivity contribution in [2.45, 2.75) is 0 Å². The second-order valence-corrected chi connectivity index (χ2v) is 6.17. The number of carbonyl (C=O) groups is 1. The highest BCUT2D eigenvalue weighted by molar-refractivity contribution is 7.12. The molecule has 3 aromatic rings. The van der Waals surface area contributed by atoms with Gasteiger partial charge in [0.05, 0.1) is 4.88 Å². The minimum absolute atomic E-state index is 0.202. The van der Waals surface area contributed by atoms with Crippen molar-refractivity contribution >= 4 is 28.8 Å². The van der Waals surface area contributed by atoms with Gasteiger partial charge in [0, 0.05) is 5.69 Å². The first-order valence-corrected chi connectivity index (χ1v) is 8.55. The molecule has 5 nitrogen and oxygen atoms in total. The number of amidine groups is 1. The van der Waals surface area contributed by atoms with Gasteiger partial charge in [-0.25, -0.2) is 0 Å². The summed E-state index contributed by atoms with van der Waals surface area (Å²) in [6, 6.07) is 21.4. The molecule has 0 fully saturated rings. The fourth-order valence-electron chi connectivity index (χ4n) is 2.20. The van der Waals surface area contributed by atoms with Crippen LogP contribution >= 0.6 is 11.3 Å². The lowest BCUT2D eigenvalue weighted by Crippen LogP contribution is -2.19. The Morgan fingerprint density at radius 3 is 2.40 bits per heavy atom. The van der Waals surface area contributed by atoms with Crippen LogP contribution in [0.3, 0.4) is 0 Å². The molecule has 126 valence electrons. The molecule has 0 aliphatic heterocycles. The first-order chi connectivity index (χ1) is 12.2. The van der Waals surface area contributed by atoms with E-state index in [0.29, 0.717) is 5.69 Å². The second kappa shape index (κ2) is 8.12. The molecule has 0 saturated carbocycles. The lowest BCUT2D eigenvalue weighted by Gasteiger charge is -2.06. The van der Waals surface area contributed by atoms with E-state index in [2.05, 4.69) is 10.5 Å². The van der Waals surface area contributed by atoms with Crippen molar-refractivity contribution in [2.75, 3.05) is 11.9 Å². The Morgan fingerprint density at radius 2 is 1.72 bits per heavy atom. The average molecular weight is 351 g/mol. The number of oxime groups is 1. The van der Waals surface area contributed by atoms with Crippen molar-refractivity contribution in [2.24, 2.45) is 10.9 Å². The first-order valence-electron chi connectivity index (χ1n) is 7.67. The van der Waals surface area contributed by atoms with Crippen LogP contribution in [0.4, 0.5) is 5.69 Å². The zero-order chi connectivity index (χ0) is 17.5. The summed E-state index contributed by atoms with van der Waals surface area (Å²) < 4.78 is 0. The number of nitrogens with one attached hydrogen (secondary N) is 1. The molecule has 0 saturated heterocycles. The van der Waals surface area contributed by atoms with Gasteiger partial charge in [-0.15, -0.1) is 11.3 Å². The summed E-state index contributed by atoms with van der Waals surface area (Å²) in [7, 11) is 0. The highest BCUT2D eigenvalue weighted by Gasteiger charge is 2.05. The van der Waals surface area contributed by atoms with E-state index in [1.807, 2.05) is 72.1 Å². The van der Waals surface area contributed by atoms with Crippen LogP contribution in [0.1, 0.15) is 4.88 Å². The van der Waals surface area contributed by atoms with Crippen molar-refractivity contribution in [1.82, 2.24) is 0 Å². The Balaban J connectivity index is 1.52. The molecule has 0 aliphatic rings. The molecule has 0 bridgehead atoms. The number of amides is 1. The van der Waals surface area contributed by atoms with Gasteiger partial charge in [-0.05, 0) is 34.7 Å². The molecular formula is C19H17N3O2S. The monoisotopic (exact) mass is 351 g/mol. The number of hydrogen-bond acceptors (Lipinski definition) is 4. The average Bonchev–Trinajstić information content (AvgIpc) is 3.18. The molecule has 0 unspecified atom stereocenters. The van der Waals surface area contributed by atoms with Crippen molar-refractivity contribution in [3.8, 4) is 11.1 Å². The minimum atomic E-state index is -0.296. The number of thiophene rings is 1. The minimum Gasteiger partial charge on any atom is -0.384 e. The van der Waals surface area contributed by atoms with Gasteiger partial charge in [0.25, 0.3) is 5.91 Å². The van der Waals surface area contributed by atoms with Gasteiger partial charge >= 0.3 is 0 Å². The summed E-state index contributed by atoms with van der Waals surface area (Å²) in [4.78, 5) is 17.7. The van der Waals surface area contributed by atoms with Crippen LogP contribution in [0, 0.1) is 0 Å². The molecule has 3 rings (SSSR count). The lowest BCUT2D eigenvalue weighted by molar-refractivity contribution is -0.120. The van der Waals surface area contributed by atoms with E-state index in [1.165, 1.54) is 11.3 Å². The summed E-state index contributed by atoms with van der Waals surface area (Å²) in [6.45, 7) is -0.202. The van der Waals surface area contributed by atoms with Crippen LogP contribution in [0.25, 0.3) is 11.1 Å². The third-order valence-electron chi connectivity index (χ3n) is 3.41. The Kier molecular flexibility index (Phi) is 5.43. The van der Waals surface area contributed by atoms with Gasteiger partial charge in [0.1, 0.15) is 0 Å². The Bertz CT molecular complexity index is 844. The van der Waals surface area contributed by atoms with Crippen LogP contribution in [-0.4, -0.2) is 18.3 Å². The number of hydrogen-bond donors (Lipinski definition) is 2. The topological polar surface area (TPSA) is 76.7 Å². The second-order valence-electron chi connectivity index (χ2n) is 5.22. The summed E-state index contributed by atoms with van der Waals surface area (Å²) in [5.41, 5.74) is 8.66. The van der Waals surface area contributed by atoms with Gasteiger partial charge in [0.2, 0.25) is 0 Å². The van der Waals surface area contributed by atoms with Gasteiger partial charge < -0.3 is 15.9 Å². The van der Waals surface area contributed by atoms with Crippen LogP contribution in [0.15, 0.2) is 77.3 Å². The molecule has 25 heavy (non-hydrogen) atoms. The number of anilines is 1. The maximum Gasteiger partial charge on any atom is 0.265 e. The maximum absolute atomic E-state index is 11.9. The van der Waals surface area contributed by atoms with Crippen molar-refractivity contribution < 1.29 is 9.63 Å². The van der Waals surface area contributed by atoms with Gasteiger partial charge in [-0.2, -0.15) is 0 Å². The Labute approximate surface area is 149 Å². The van der Waals surface area contributed by atoms with Crippen molar-refractivity contribution in [3.05, 3.63) is 77.0 Å². The third-order valence-corrected chi connectivity index (χ3v) is 4.30. The van der Waals surface area contributed by atoms with Crippen molar-refractivity contribution in [1.29, 1.82) is 0 Å². The number of rotatable bonds is 6. The van der Waals surface area contributed by atoms with Crippen LogP contribution in [-0.2, 0) is 9.63 Å². The summed E-state index contributed by atoms with van der Waals surface area (Å²) in [5, 5.41) is 8.40. The SMILES string of the molecule is N/C(=N/OCC(=O)Nc1ccc(-c2ccccc2)cc1)c1cccs1. The standard InChI is InChI=1S/C19H17N3O2S/c20-19(17-7-4-12-25-17)22-24-13-18(23)21-16-10-8-15(9-11-16)14-5-2-1-3-6-14/h1-12H,13H2,(H2,20,22)(H,21,23). The molecule has 3 N–H and O–H groups in total. The first kappa shape index (κ1) is 16.7. The Morgan fingerprint density at radius 1 is 1.00 bits per heavy atom. The largest absolute Gasteiger partial charge is 0.384 e. The van der Waals surface area contributed by atoms with Gasteiger partial charge in [-0.1, -0.05) is 53.7 Å². The highest BCUT2D eigenvalue weighted by atomic mass is 32.1.